The van der Waals surface area contributed by atoms with Crippen LogP contribution < -0.4 is 0 Å². The van der Waals surface area contributed by atoms with Crippen molar-refractivity contribution in [2.45, 2.75) is 156 Å². The van der Waals surface area contributed by atoms with Crippen LogP contribution in [0.15, 0.2) is 0 Å². The van der Waals surface area contributed by atoms with Crippen molar-refractivity contribution in [1.82, 2.24) is 0 Å². The quantitative estimate of drug-likeness (QED) is 0.124. The van der Waals surface area contributed by atoms with E-state index in [0.717, 1.165) is 18.8 Å². The van der Waals surface area contributed by atoms with Crippen LogP contribution in [0, 0.1) is 5.92 Å². The molecule has 2 nitrogen and oxygen atoms in total. The second-order valence-electron chi connectivity index (χ2n) is 9.52. The Hall–Kier alpha value is -0.530. The molecule has 0 N–H and O–H groups in total. The van der Waals surface area contributed by atoms with Gasteiger partial charge in [0.05, 0.1) is 6.61 Å². The molecule has 0 fully saturated rings. The van der Waals surface area contributed by atoms with Crippen molar-refractivity contribution < 1.29 is 9.53 Å². The fourth-order valence-electron chi connectivity index (χ4n) is 3.91. The summed E-state index contributed by atoms with van der Waals surface area (Å²) >= 11 is 0. The van der Waals surface area contributed by atoms with Crippen molar-refractivity contribution in [1.29, 1.82) is 0 Å². The van der Waals surface area contributed by atoms with Gasteiger partial charge in [0.2, 0.25) is 0 Å². The zero-order chi connectivity index (χ0) is 21.4. The Bertz CT molecular complexity index is 324. The zero-order valence-corrected chi connectivity index (χ0v) is 20.5. The maximum Gasteiger partial charge on any atom is 0.305 e. The Balaban J connectivity index is 3.14. The van der Waals surface area contributed by atoms with E-state index in [1.807, 2.05) is 0 Å². The summed E-state index contributed by atoms with van der Waals surface area (Å²) in [7, 11) is 0. The van der Waals surface area contributed by atoms with E-state index in [4.69, 9.17) is 4.74 Å². The van der Waals surface area contributed by atoms with E-state index in [0.29, 0.717) is 13.0 Å². The van der Waals surface area contributed by atoms with Crippen LogP contribution >= 0.6 is 0 Å². The van der Waals surface area contributed by atoms with Crippen LogP contribution in [-0.4, -0.2) is 12.6 Å². The van der Waals surface area contributed by atoms with Crippen LogP contribution in [0.2, 0.25) is 0 Å². The number of esters is 1. The van der Waals surface area contributed by atoms with Crippen molar-refractivity contribution in [2.75, 3.05) is 6.61 Å². The molecule has 0 bridgehead atoms. The van der Waals surface area contributed by atoms with Gasteiger partial charge in [0.15, 0.2) is 0 Å². The van der Waals surface area contributed by atoms with Gasteiger partial charge >= 0.3 is 5.97 Å². The van der Waals surface area contributed by atoms with Gasteiger partial charge in [-0.3, -0.25) is 4.79 Å². The first kappa shape index (κ1) is 28.5. The highest BCUT2D eigenvalue weighted by Gasteiger charge is 2.03. The van der Waals surface area contributed by atoms with E-state index in [9.17, 15) is 4.79 Å². The standard InChI is InChI=1S/C27H54O2/c1-4-5-6-7-8-9-10-11-12-13-14-15-19-22-25-29-27(28)24-21-18-16-17-20-23-26(2)3/h26H,4-25H2,1-3H3. The predicted octanol–water partition coefficient (Wildman–Crippen LogP) is 9.40. The highest BCUT2D eigenvalue weighted by molar-refractivity contribution is 5.69. The van der Waals surface area contributed by atoms with E-state index in [-0.39, 0.29) is 5.97 Å². The first-order valence-electron chi connectivity index (χ1n) is 13.3. The summed E-state index contributed by atoms with van der Waals surface area (Å²) in [5.74, 6) is 0.835. The van der Waals surface area contributed by atoms with Crippen LogP contribution in [0.3, 0.4) is 0 Å². The van der Waals surface area contributed by atoms with Gasteiger partial charge in [0, 0.05) is 6.42 Å². The van der Waals surface area contributed by atoms with Gasteiger partial charge < -0.3 is 4.74 Å². The number of hydrogen-bond acceptors (Lipinski definition) is 2. The molecule has 174 valence electrons. The predicted molar refractivity (Wildman–Crippen MR) is 128 cm³/mol. The van der Waals surface area contributed by atoms with Gasteiger partial charge in [-0.15, -0.1) is 0 Å². The lowest BCUT2D eigenvalue weighted by Crippen LogP contribution is -2.05. The summed E-state index contributed by atoms with van der Waals surface area (Å²) in [5.41, 5.74) is 0. The summed E-state index contributed by atoms with van der Waals surface area (Å²) in [6.45, 7) is 7.48. The molecule has 0 aromatic rings. The fraction of sp³-hybridized carbons (Fsp3) is 0.963. The monoisotopic (exact) mass is 410 g/mol. The number of carbonyl (C=O) groups is 1. The second kappa shape index (κ2) is 23.7. The van der Waals surface area contributed by atoms with Gasteiger partial charge in [-0.2, -0.15) is 0 Å². The van der Waals surface area contributed by atoms with Gasteiger partial charge in [-0.05, 0) is 18.8 Å². The topological polar surface area (TPSA) is 26.3 Å². The van der Waals surface area contributed by atoms with Crippen molar-refractivity contribution >= 4 is 5.97 Å². The molecule has 0 aliphatic rings. The number of unbranched alkanes of at least 4 members (excludes halogenated alkanes) is 17. The largest absolute Gasteiger partial charge is 0.466 e. The highest BCUT2D eigenvalue weighted by Crippen LogP contribution is 2.14. The van der Waals surface area contributed by atoms with E-state index in [1.54, 1.807) is 0 Å². The third kappa shape index (κ3) is 25.4. The molecule has 0 aromatic carbocycles. The van der Waals surface area contributed by atoms with Crippen LogP contribution in [0.4, 0.5) is 0 Å². The minimum absolute atomic E-state index is 0.0156. The van der Waals surface area contributed by atoms with Crippen molar-refractivity contribution in [3.63, 3.8) is 0 Å². The van der Waals surface area contributed by atoms with Crippen molar-refractivity contribution in [3.8, 4) is 0 Å². The lowest BCUT2D eigenvalue weighted by molar-refractivity contribution is -0.143. The van der Waals surface area contributed by atoms with Gasteiger partial charge in [-0.1, -0.05) is 136 Å². The summed E-state index contributed by atoms with van der Waals surface area (Å²) in [6, 6.07) is 0. The van der Waals surface area contributed by atoms with E-state index >= 15 is 0 Å². The van der Waals surface area contributed by atoms with Crippen LogP contribution in [0.1, 0.15) is 156 Å². The summed E-state index contributed by atoms with van der Waals surface area (Å²) in [6.07, 6.45) is 27.1. The molecule has 0 aromatic heterocycles. The molecule has 2 heteroatoms. The third-order valence-corrected chi connectivity index (χ3v) is 5.92. The molecule has 0 atom stereocenters. The molecule has 0 spiro atoms. The second-order valence-corrected chi connectivity index (χ2v) is 9.52. The Labute approximate surface area is 184 Å². The number of rotatable bonds is 23. The summed E-state index contributed by atoms with van der Waals surface area (Å²) < 4.78 is 5.37. The minimum Gasteiger partial charge on any atom is -0.466 e. The van der Waals surface area contributed by atoms with Crippen LogP contribution in [0.5, 0.6) is 0 Å². The normalized spacial score (nSPS) is 11.3. The van der Waals surface area contributed by atoms with Gasteiger partial charge in [0.25, 0.3) is 0 Å². The molecule has 0 aliphatic heterocycles. The van der Waals surface area contributed by atoms with Gasteiger partial charge in [-0.25, -0.2) is 0 Å². The van der Waals surface area contributed by atoms with Crippen molar-refractivity contribution in [3.05, 3.63) is 0 Å². The number of hydrogen-bond donors (Lipinski definition) is 0. The molecule has 0 amide bonds. The van der Waals surface area contributed by atoms with Gasteiger partial charge in [0.1, 0.15) is 0 Å². The van der Waals surface area contributed by atoms with E-state index in [1.165, 1.54) is 116 Å². The Morgan fingerprint density at radius 1 is 0.586 bits per heavy atom. The van der Waals surface area contributed by atoms with Crippen LogP contribution in [0.25, 0.3) is 0 Å². The number of carbonyl (C=O) groups excluding carboxylic acids is 1. The van der Waals surface area contributed by atoms with Crippen molar-refractivity contribution in [2.24, 2.45) is 5.92 Å². The fourth-order valence-corrected chi connectivity index (χ4v) is 3.91. The molecule has 0 heterocycles. The average Bonchev–Trinajstić information content (AvgIpc) is 2.70. The average molecular weight is 411 g/mol. The Morgan fingerprint density at radius 2 is 1.00 bits per heavy atom. The maximum atomic E-state index is 11.7. The Morgan fingerprint density at radius 3 is 1.48 bits per heavy atom. The van der Waals surface area contributed by atoms with Crippen LogP contribution in [-0.2, 0) is 9.53 Å². The highest BCUT2D eigenvalue weighted by atomic mass is 16.5. The summed E-state index contributed by atoms with van der Waals surface area (Å²) in [5, 5.41) is 0. The Kier molecular flexibility index (Phi) is 23.3. The summed E-state index contributed by atoms with van der Waals surface area (Å²) in [4.78, 5) is 11.7. The molecule has 0 radical (unpaired) electrons. The lowest BCUT2D eigenvalue weighted by atomic mass is 10.0. The van der Waals surface area contributed by atoms with E-state index < -0.39 is 0 Å². The first-order chi connectivity index (χ1) is 14.2. The molecule has 0 aliphatic carbocycles. The molecule has 0 rings (SSSR count). The first-order valence-corrected chi connectivity index (χ1v) is 13.3. The third-order valence-electron chi connectivity index (χ3n) is 5.92. The number of ether oxygens (including phenoxy) is 1. The van der Waals surface area contributed by atoms with E-state index in [2.05, 4.69) is 20.8 Å². The minimum atomic E-state index is 0.0156. The molecular formula is C27H54O2. The molecule has 0 saturated heterocycles. The molecule has 0 unspecified atom stereocenters. The molecule has 0 saturated carbocycles. The smallest absolute Gasteiger partial charge is 0.305 e. The zero-order valence-electron chi connectivity index (χ0n) is 20.5. The lowest BCUT2D eigenvalue weighted by Gasteiger charge is -2.06. The maximum absolute atomic E-state index is 11.7. The molecule has 29 heavy (non-hydrogen) atoms. The SMILES string of the molecule is CCCCCCCCCCCCCCCCOC(=O)CCCCCCCC(C)C. The molecular weight excluding hydrogens is 356 g/mol.